The molecule has 0 aliphatic carbocycles. The van der Waals surface area contributed by atoms with Gasteiger partial charge in [0, 0.05) is 19.1 Å². The van der Waals surface area contributed by atoms with Crippen LogP contribution in [-0.2, 0) is 4.79 Å². The molecule has 0 unspecified atom stereocenters. The highest BCUT2D eigenvalue weighted by Crippen LogP contribution is 2.24. The van der Waals surface area contributed by atoms with E-state index in [2.05, 4.69) is 29.4 Å². The fraction of sp³-hybridized carbons (Fsp3) is 0.600. The van der Waals surface area contributed by atoms with Gasteiger partial charge in [-0.2, -0.15) is 0 Å². The number of hydrogen-bond acceptors (Lipinski definition) is 4. The Labute approximate surface area is 163 Å². The monoisotopic (exact) mass is 378 g/mol. The van der Waals surface area contributed by atoms with E-state index in [-0.39, 0.29) is 24.0 Å². The summed E-state index contributed by atoms with van der Waals surface area (Å²) < 4.78 is 5.84. The van der Waals surface area contributed by atoms with Gasteiger partial charge in [0.1, 0.15) is 18.9 Å². The van der Waals surface area contributed by atoms with Crippen LogP contribution in [-0.4, -0.2) is 67.1 Å². The van der Waals surface area contributed by atoms with Crippen LogP contribution in [0.3, 0.4) is 0 Å². The van der Waals surface area contributed by atoms with Gasteiger partial charge in [0.2, 0.25) is 5.91 Å². The average Bonchev–Trinajstić information content (AvgIpc) is 2.58. The molecule has 27 heavy (non-hydrogen) atoms. The van der Waals surface area contributed by atoms with Crippen molar-refractivity contribution in [2.75, 3.05) is 45.2 Å². The lowest BCUT2D eigenvalue weighted by Gasteiger charge is -2.24. The maximum absolute atomic E-state index is 12.4. The standard InChI is InChI=1S/C20H34N4O3/c1-7-24(8-2)13-14-27-17-12-10-9-11-16(17)21-19(26)23(6)15-18(25)22-20(3,4)5/h9-12H,7-8,13-15H2,1-6H3,(H,21,26)(H,22,25). The number of anilines is 1. The molecule has 1 aromatic rings. The van der Waals surface area contributed by atoms with Crippen LogP contribution in [0.5, 0.6) is 5.75 Å². The van der Waals surface area contributed by atoms with Crippen LogP contribution in [0, 0.1) is 0 Å². The third-order valence-electron chi connectivity index (χ3n) is 3.93. The molecule has 0 heterocycles. The van der Waals surface area contributed by atoms with E-state index in [0.717, 1.165) is 19.6 Å². The molecule has 0 aliphatic rings. The Kier molecular flexibility index (Phi) is 9.08. The van der Waals surface area contributed by atoms with Gasteiger partial charge in [-0.1, -0.05) is 26.0 Å². The Morgan fingerprint density at radius 3 is 2.33 bits per heavy atom. The molecule has 0 radical (unpaired) electrons. The summed E-state index contributed by atoms with van der Waals surface area (Å²) in [4.78, 5) is 28.0. The van der Waals surface area contributed by atoms with E-state index in [1.54, 1.807) is 13.1 Å². The number of rotatable bonds is 9. The van der Waals surface area contributed by atoms with E-state index in [1.807, 2.05) is 39.0 Å². The van der Waals surface area contributed by atoms with Crippen molar-refractivity contribution in [1.82, 2.24) is 15.1 Å². The van der Waals surface area contributed by atoms with E-state index in [9.17, 15) is 9.59 Å². The van der Waals surface area contributed by atoms with Gasteiger partial charge in [-0.15, -0.1) is 0 Å². The van der Waals surface area contributed by atoms with Gasteiger partial charge < -0.3 is 25.2 Å². The van der Waals surface area contributed by atoms with Crippen LogP contribution in [0.4, 0.5) is 10.5 Å². The molecule has 1 rings (SSSR count). The zero-order chi connectivity index (χ0) is 20.4. The normalized spacial score (nSPS) is 11.2. The number of para-hydroxylation sites is 2. The summed E-state index contributed by atoms with van der Waals surface area (Å²) in [5.41, 5.74) is 0.254. The van der Waals surface area contributed by atoms with E-state index >= 15 is 0 Å². The van der Waals surface area contributed by atoms with Crippen LogP contribution < -0.4 is 15.4 Å². The van der Waals surface area contributed by atoms with Crippen molar-refractivity contribution in [3.8, 4) is 5.75 Å². The maximum atomic E-state index is 12.4. The van der Waals surface area contributed by atoms with Gasteiger partial charge in [0.05, 0.1) is 5.69 Å². The first kappa shape index (κ1) is 22.8. The fourth-order valence-corrected chi connectivity index (χ4v) is 2.48. The number of hydrogen-bond donors (Lipinski definition) is 2. The number of urea groups is 1. The number of carbonyl (C=O) groups is 2. The smallest absolute Gasteiger partial charge is 0.322 e. The Morgan fingerprint density at radius 1 is 1.11 bits per heavy atom. The molecular weight excluding hydrogens is 344 g/mol. The van der Waals surface area contributed by atoms with E-state index in [0.29, 0.717) is 18.0 Å². The van der Waals surface area contributed by atoms with Crippen molar-refractivity contribution >= 4 is 17.6 Å². The predicted octanol–water partition coefficient (Wildman–Crippen LogP) is 2.79. The zero-order valence-electron chi connectivity index (χ0n) is 17.5. The number of nitrogens with one attached hydrogen (secondary N) is 2. The highest BCUT2D eigenvalue weighted by molar-refractivity contribution is 5.93. The van der Waals surface area contributed by atoms with Crippen molar-refractivity contribution in [3.63, 3.8) is 0 Å². The lowest BCUT2D eigenvalue weighted by atomic mass is 10.1. The van der Waals surface area contributed by atoms with Gasteiger partial charge in [0.25, 0.3) is 0 Å². The molecule has 0 spiro atoms. The van der Waals surface area contributed by atoms with Crippen LogP contribution in [0.25, 0.3) is 0 Å². The third-order valence-corrected chi connectivity index (χ3v) is 3.93. The van der Waals surface area contributed by atoms with Gasteiger partial charge in [-0.05, 0) is 46.0 Å². The van der Waals surface area contributed by atoms with Crippen LogP contribution in [0.1, 0.15) is 34.6 Å². The lowest BCUT2D eigenvalue weighted by Crippen LogP contribution is -2.47. The average molecular weight is 379 g/mol. The molecule has 0 bridgehead atoms. The van der Waals surface area contributed by atoms with Crippen molar-refractivity contribution in [3.05, 3.63) is 24.3 Å². The van der Waals surface area contributed by atoms with Crippen LogP contribution in [0.2, 0.25) is 0 Å². The maximum Gasteiger partial charge on any atom is 0.322 e. The summed E-state index contributed by atoms with van der Waals surface area (Å²) in [5, 5.41) is 5.65. The third kappa shape index (κ3) is 8.77. The van der Waals surface area contributed by atoms with Gasteiger partial charge in [-0.25, -0.2) is 4.79 Å². The number of nitrogens with zero attached hydrogens (tertiary/aromatic N) is 2. The Morgan fingerprint density at radius 2 is 1.74 bits per heavy atom. The van der Waals surface area contributed by atoms with E-state index in [4.69, 9.17) is 4.74 Å². The second-order valence-electron chi connectivity index (χ2n) is 7.46. The summed E-state index contributed by atoms with van der Waals surface area (Å²) in [6, 6.07) is 6.94. The number of benzene rings is 1. The van der Waals surface area contributed by atoms with Crippen molar-refractivity contribution in [1.29, 1.82) is 0 Å². The lowest BCUT2D eigenvalue weighted by molar-refractivity contribution is -0.122. The first-order valence-electron chi connectivity index (χ1n) is 9.43. The number of ether oxygens (including phenoxy) is 1. The molecule has 152 valence electrons. The Hall–Kier alpha value is -2.28. The topological polar surface area (TPSA) is 73.9 Å². The highest BCUT2D eigenvalue weighted by Gasteiger charge is 2.18. The predicted molar refractivity (Wildman–Crippen MR) is 109 cm³/mol. The molecule has 7 nitrogen and oxygen atoms in total. The summed E-state index contributed by atoms with van der Waals surface area (Å²) in [5.74, 6) is 0.412. The number of amides is 3. The van der Waals surface area contributed by atoms with Crippen LogP contribution in [0.15, 0.2) is 24.3 Å². The fourth-order valence-electron chi connectivity index (χ4n) is 2.48. The molecule has 3 amide bonds. The Balaban J connectivity index is 2.62. The summed E-state index contributed by atoms with van der Waals surface area (Å²) in [7, 11) is 1.58. The minimum atomic E-state index is -0.362. The molecule has 0 aliphatic heterocycles. The molecule has 0 aromatic heterocycles. The number of likely N-dealkylation sites (N-methyl/N-ethyl adjacent to an activating group) is 2. The quantitative estimate of drug-likeness (QED) is 0.693. The Bertz CT molecular complexity index is 609. The minimum Gasteiger partial charge on any atom is -0.490 e. The summed E-state index contributed by atoms with van der Waals surface area (Å²) >= 11 is 0. The minimum absolute atomic E-state index is 0.0198. The molecule has 2 N–H and O–H groups in total. The molecule has 7 heteroatoms. The van der Waals surface area contributed by atoms with Crippen molar-refractivity contribution in [2.45, 2.75) is 40.2 Å². The molecule has 1 aromatic carbocycles. The van der Waals surface area contributed by atoms with Crippen LogP contribution >= 0.6 is 0 Å². The number of carbonyl (C=O) groups excluding carboxylic acids is 2. The second-order valence-corrected chi connectivity index (χ2v) is 7.46. The van der Waals surface area contributed by atoms with Crippen molar-refractivity contribution in [2.24, 2.45) is 0 Å². The van der Waals surface area contributed by atoms with Gasteiger partial charge in [-0.3, -0.25) is 4.79 Å². The molecule has 0 atom stereocenters. The van der Waals surface area contributed by atoms with Crippen molar-refractivity contribution < 1.29 is 14.3 Å². The van der Waals surface area contributed by atoms with E-state index in [1.165, 1.54) is 4.90 Å². The van der Waals surface area contributed by atoms with Gasteiger partial charge >= 0.3 is 6.03 Å². The second kappa shape index (κ2) is 10.8. The molecule has 0 saturated heterocycles. The zero-order valence-corrected chi connectivity index (χ0v) is 17.5. The molecule has 0 fully saturated rings. The highest BCUT2D eigenvalue weighted by atomic mass is 16.5. The summed E-state index contributed by atoms with van der Waals surface area (Å²) in [6.07, 6.45) is 0. The van der Waals surface area contributed by atoms with E-state index < -0.39 is 0 Å². The first-order chi connectivity index (χ1) is 12.7. The first-order valence-corrected chi connectivity index (χ1v) is 9.43. The largest absolute Gasteiger partial charge is 0.490 e. The van der Waals surface area contributed by atoms with Gasteiger partial charge in [0.15, 0.2) is 0 Å². The molecule has 0 saturated carbocycles. The summed E-state index contributed by atoms with van der Waals surface area (Å²) in [6.45, 7) is 13.2. The SMILES string of the molecule is CCN(CC)CCOc1ccccc1NC(=O)N(C)CC(=O)NC(C)(C)C. The molecular formula is C20H34N4O3.